The van der Waals surface area contributed by atoms with Crippen LogP contribution in [0.3, 0.4) is 0 Å². The Morgan fingerprint density at radius 1 is 1.22 bits per heavy atom. The summed E-state index contributed by atoms with van der Waals surface area (Å²) in [5.41, 5.74) is 0. The maximum absolute atomic E-state index is 9.74. The lowest BCUT2D eigenvalue weighted by atomic mass is 9.96. The van der Waals surface area contributed by atoms with Gasteiger partial charge in [0.2, 0.25) is 0 Å². The van der Waals surface area contributed by atoms with Crippen molar-refractivity contribution in [1.29, 1.82) is 0 Å². The molecule has 0 aromatic carbocycles. The van der Waals surface area contributed by atoms with Crippen molar-refractivity contribution in [3.63, 3.8) is 0 Å². The maximum Gasteiger partial charge on any atom is 0.186 e. The highest BCUT2D eigenvalue weighted by molar-refractivity contribution is 7.16. The monoisotopic (exact) mass is 358 g/mol. The molecule has 2 atom stereocenters. The fraction of sp³-hybridized carbons (Fsp3) is 0.812. The number of aliphatic hydroxyl groups is 1. The average Bonchev–Trinajstić information content (AvgIpc) is 3.22. The Bertz CT molecular complexity index is 518. The SMILES string of the molecule is CN(C)c1nc(Cl)c(CN2C[C@@H](CN3CCCC3)[C@@H](CO)C2)s1. The molecule has 3 heterocycles. The summed E-state index contributed by atoms with van der Waals surface area (Å²) in [7, 11) is 3.98. The molecule has 0 aliphatic carbocycles. The van der Waals surface area contributed by atoms with E-state index >= 15 is 0 Å². The van der Waals surface area contributed by atoms with Crippen LogP contribution in [0.4, 0.5) is 5.13 Å². The number of aromatic nitrogens is 1. The number of aliphatic hydroxyl groups excluding tert-OH is 1. The van der Waals surface area contributed by atoms with Crippen molar-refractivity contribution in [3.8, 4) is 0 Å². The fourth-order valence-electron chi connectivity index (χ4n) is 3.69. The van der Waals surface area contributed by atoms with E-state index in [1.807, 2.05) is 19.0 Å². The molecule has 0 amide bonds. The second-order valence-corrected chi connectivity index (χ2v) is 8.43. The van der Waals surface area contributed by atoms with E-state index in [4.69, 9.17) is 11.6 Å². The number of likely N-dealkylation sites (tertiary alicyclic amines) is 2. The van der Waals surface area contributed by atoms with Crippen molar-refractivity contribution in [2.45, 2.75) is 19.4 Å². The number of rotatable bonds is 6. The van der Waals surface area contributed by atoms with Crippen LogP contribution < -0.4 is 4.90 Å². The molecule has 1 aromatic rings. The molecule has 0 spiro atoms. The lowest BCUT2D eigenvalue weighted by molar-refractivity contribution is 0.175. The van der Waals surface area contributed by atoms with Crippen molar-refractivity contribution in [3.05, 3.63) is 10.0 Å². The van der Waals surface area contributed by atoms with Crippen LogP contribution in [0.5, 0.6) is 0 Å². The minimum Gasteiger partial charge on any atom is -0.396 e. The summed E-state index contributed by atoms with van der Waals surface area (Å²) in [6, 6.07) is 0. The van der Waals surface area contributed by atoms with Crippen LogP contribution in [0.2, 0.25) is 5.15 Å². The minimum atomic E-state index is 0.286. The summed E-state index contributed by atoms with van der Waals surface area (Å²) in [6.45, 7) is 6.71. The zero-order valence-electron chi connectivity index (χ0n) is 14.0. The fourth-order valence-corrected chi connectivity index (χ4v) is 4.91. The highest BCUT2D eigenvalue weighted by atomic mass is 35.5. The van der Waals surface area contributed by atoms with Crippen LogP contribution in [-0.2, 0) is 6.54 Å². The third-order valence-corrected chi connectivity index (χ3v) is 6.60. The minimum absolute atomic E-state index is 0.286. The zero-order valence-corrected chi connectivity index (χ0v) is 15.6. The summed E-state index contributed by atoms with van der Waals surface area (Å²) in [5.74, 6) is 0.953. The standard InChI is InChI=1S/C16H27ClN4OS/c1-19(2)16-18-15(17)14(23-16)10-21-8-12(13(9-21)11-22)7-20-5-3-4-6-20/h12-13,22H,3-11H2,1-2H3/t12-,13-/m1/s1. The number of halogens is 1. The van der Waals surface area contributed by atoms with Crippen molar-refractivity contribution < 1.29 is 5.11 Å². The van der Waals surface area contributed by atoms with Gasteiger partial charge in [-0.2, -0.15) is 0 Å². The molecule has 5 nitrogen and oxygen atoms in total. The van der Waals surface area contributed by atoms with Crippen LogP contribution in [0.25, 0.3) is 0 Å². The van der Waals surface area contributed by atoms with Crippen molar-refractivity contribution >= 4 is 28.1 Å². The van der Waals surface area contributed by atoms with Crippen LogP contribution >= 0.6 is 22.9 Å². The Morgan fingerprint density at radius 3 is 2.52 bits per heavy atom. The van der Waals surface area contributed by atoms with Crippen molar-refractivity contribution in [1.82, 2.24) is 14.8 Å². The van der Waals surface area contributed by atoms with Gasteiger partial charge in [-0.05, 0) is 37.8 Å². The summed E-state index contributed by atoms with van der Waals surface area (Å²) in [4.78, 5) is 12.5. The first-order valence-corrected chi connectivity index (χ1v) is 9.64. The molecule has 2 aliphatic rings. The van der Waals surface area contributed by atoms with E-state index in [2.05, 4.69) is 14.8 Å². The molecule has 3 rings (SSSR count). The molecule has 0 radical (unpaired) electrons. The van der Waals surface area contributed by atoms with Gasteiger partial charge in [-0.15, -0.1) is 0 Å². The van der Waals surface area contributed by atoms with Gasteiger partial charge in [-0.1, -0.05) is 22.9 Å². The molecule has 7 heteroatoms. The molecule has 23 heavy (non-hydrogen) atoms. The molecule has 0 unspecified atom stereocenters. The second-order valence-electron chi connectivity index (χ2n) is 7.01. The first-order chi connectivity index (χ1) is 11.1. The van der Waals surface area contributed by atoms with E-state index in [-0.39, 0.29) is 6.61 Å². The van der Waals surface area contributed by atoms with Gasteiger partial charge < -0.3 is 14.9 Å². The van der Waals surface area contributed by atoms with Gasteiger partial charge in [0.05, 0.1) is 4.88 Å². The first-order valence-electron chi connectivity index (χ1n) is 8.45. The Balaban J connectivity index is 1.60. The van der Waals surface area contributed by atoms with E-state index in [1.54, 1.807) is 11.3 Å². The van der Waals surface area contributed by atoms with E-state index in [0.29, 0.717) is 17.0 Å². The number of hydrogen-bond donors (Lipinski definition) is 1. The number of anilines is 1. The van der Waals surface area contributed by atoms with Gasteiger partial charge >= 0.3 is 0 Å². The molecule has 0 saturated carbocycles. The van der Waals surface area contributed by atoms with E-state index in [1.165, 1.54) is 25.9 Å². The zero-order chi connectivity index (χ0) is 16.4. The van der Waals surface area contributed by atoms with E-state index in [9.17, 15) is 5.11 Å². The molecule has 1 aromatic heterocycles. The highest BCUT2D eigenvalue weighted by Gasteiger charge is 2.34. The molecular formula is C16H27ClN4OS. The Labute approximate surface area is 147 Å². The van der Waals surface area contributed by atoms with Gasteiger partial charge in [0, 0.05) is 46.9 Å². The Kier molecular flexibility index (Phi) is 5.80. The topological polar surface area (TPSA) is 42.8 Å². The maximum atomic E-state index is 9.74. The molecule has 2 fully saturated rings. The van der Waals surface area contributed by atoms with Crippen LogP contribution in [0.15, 0.2) is 0 Å². The summed E-state index contributed by atoms with van der Waals surface area (Å²) < 4.78 is 0. The van der Waals surface area contributed by atoms with Crippen molar-refractivity contribution in [2.75, 3.05) is 58.3 Å². The molecule has 0 bridgehead atoms. The predicted molar refractivity (Wildman–Crippen MR) is 96.5 cm³/mol. The van der Waals surface area contributed by atoms with Crippen LogP contribution in [0.1, 0.15) is 17.7 Å². The third-order valence-electron chi connectivity index (χ3n) is 4.97. The number of thiazole rings is 1. The van der Waals surface area contributed by atoms with Gasteiger partial charge in [0.25, 0.3) is 0 Å². The Morgan fingerprint density at radius 2 is 1.91 bits per heavy atom. The van der Waals surface area contributed by atoms with E-state index in [0.717, 1.165) is 36.2 Å². The smallest absolute Gasteiger partial charge is 0.186 e. The van der Waals surface area contributed by atoms with Gasteiger partial charge in [0.15, 0.2) is 5.13 Å². The van der Waals surface area contributed by atoms with Crippen LogP contribution in [-0.4, -0.2) is 73.3 Å². The van der Waals surface area contributed by atoms with Gasteiger partial charge in [-0.25, -0.2) is 4.98 Å². The lowest BCUT2D eigenvalue weighted by Crippen LogP contribution is -2.31. The molecule has 130 valence electrons. The molecular weight excluding hydrogens is 332 g/mol. The molecule has 2 aliphatic heterocycles. The molecule has 1 N–H and O–H groups in total. The van der Waals surface area contributed by atoms with Gasteiger partial charge in [0.1, 0.15) is 5.15 Å². The predicted octanol–water partition coefficient (Wildman–Crippen LogP) is 2.00. The normalized spacial score (nSPS) is 26.3. The molecule has 2 saturated heterocycles. The Hall–Kier alpha value is -0.400. The summed E-state index contributed by atoms with van der Waals surface area (Å²) in [5, 5.41) is 11.3. The lowest BCUT2D eigenvalue weighted by Gasteiger charge is -2.23. The number of nitrogens with zero attached hydrogens (tertiary/aromatic N) is 4. The third kappa shape index (κ3) is 4.17. The van der Waals surface area contributed by atoms with Crippen molar-refractivity contribution in [2.24, 2.45) is 11.8 Å². The summed E-state index contributed by atoms with van der Waals surface area (Å²) in [6.07, 6.45) is 2.65. The van der Waals surface area contributed by atoms with Crippen LogP contribution in [0, 0.1) is 11.8 Å². The van der Waals surface area contributed by atoms with E-state index < -0.39 is 0 Å². The first kappa shape index (κ1) is 17.4. The largest absolute Gasteiger partial charge is 0.396 e. The quantitative estimate of drug-likeness (QED) is 0.842. The average molecular weight is 359 g/mol. The number of hydrogen-bond acceptors (Lipinski definition) is 6. The summed E-state index contributed by atoms with van der Waals surface area (Å²) >= 11 is 7.97. The van der Waals surface area contributed by atoms with Gasteiger partial charge in [-0.3, -0.25) is 4.90 Å². The highest BCUT2D eigenvalue weighted by Crippen LogP contribution is 2.32. The second kappa shape index (κ2) is 7.66.